The van der Waals surface area contributed by atoms with Gasteiger partial charge in [0, 0.05) is 22.7 Å². The summed E-state index contributed by atoms with van der Waals surface area (Å²) in [5.41, 5.74) is 2.23. The van der Waals surface area contributed by atoms with E-state index in [9.17, 15) is 19.1 Å². The molecule has 0 radical (unpaired) electrons. The number of Topliss-reactive ketones (excluding diaryl/α,β-unsaturated/α-hetero) is 1. The molecule has 3 aromatic rings. The molecule has 1 amide bonds. The second-order valence-electron chi connectivity index (χ2n) is 7.62. The number of ether oxygens (including phenoxy) is 1. The zero-order valence-corrected chi connectivity index (χ0v) is 17.5. The van der Waals surface area contributed by atoms with Crippen molar-refractivity contribution in [3.8, 4) is 5.75 Å². The number of hydrogen-bond donors (Lipinski definition) is 1. The van der Waals surface area contributed by atoms with E-state index in [4.69, 9.17) is 16.3 Å². The number of benzene rings is 3. The predicted octanol–water partition coefficient (Wildman–Crippen LogP) is 5.04. The van der Waals surface area contributed by atoms with Crippen molar-refractivity contribution in [2.45, 2.75) is 12.5 Å². The highest BCUT2D eigenvalue weighted by Gasteiger charge is 2.47. The van der Waals surface area contributed by atoms with Crippen molar-refractivity contribution in [1.82, 2.24) is 0 Å². The van der Waals surface area contributed by atoms with Crippen molar-refractivity contribution in [3.63, 3.8) is 0 Å². The number of rotatable bonds is 3. The Hall–Kier alpha value is -3.64. The van der Waals surface area contributed by atoms with Crippen molar-refractivity contribution in [3.05, 3.63) is 99.8 Å². The third-order valence-corrected chi connectivity index (χ3v) is 5.95. The number of fused-ring (bicyclic) bond motifs is 1. The van der Waals surface area contributed by atoms with Gasteiger partial charge < -0.3 is 9.84 Å². The van der Waals surface area contributed by atoms with Gasteiger partial charge in [0.05, 0.1) is 18.2 Å². The number of carbonyl (C=O) groups excluding carboxylic acids is 2. The van der Waals surface area contributed by atoms with E-state index in [0.29, 0.717) is 34.9 Å². The first-order valence-corrected chi connectivity index (χ1v) is 10.4. The van der Waals surface area contributed by atoms with Gasteiger partial charge in [0.1, 0.15) is 17.3 Å². The van der Waals surface area contributed by atoms with Crippen LogP contribution < -0.4 is 9.64 Å². The van der Waals surface area contributed by atoms with Crippen molar-refractivity contribution in [2.24, 2.45) is 0 Å². The first-order chi connectivity index (χ1) is 15.4. The minimum Gasteiger partial charge on any atom is -0.507 e. The Bertz CT molecular complexity index is 1270. The van der Waals surface area contributed by atoms with Crippen LogP contribution in [0.1, 0.15) is 22.7 Å². The summed E-state index contributed by atoms with van der Waals surface area (Å²) in [5.74, 6) is -1.62. The van der Waals surface area contributed by atoms with Crippen LogP contribution in [-0.2, 0) is 16.0 Å². The fourth-order valence-corrected chi connectivity index (χ4v) is 4.28. The summed E-state index contributed by atoms with van der Waals surface area (Å²) >= 11 is 6.03. The van der Waals surface area contributed by atoms with Crippen LogP contribution in [0, 0.1) is 5.82 Å². The van der Waals surface area contributed by atoms with Gasteiger partial charge >= 0.3 is 0 Å². The van der Waals surface area contributed by atoms with Gasteiger partial charge in [-0.3, -0.25) is 14.5 Å². The van der Waals surface area contributed by atoms with Crippen LogP contribution in [0.3, 0.4) is 0 Å². The maximum atomic E-state index is 13.5. The summed E-state index contributed by atoms with van der Waals surface area (Å²) in [6.07, 6.45) is 0.695. The minimum atomic E-state index is -0.901. The number of anilines is 1. The monoisotopic (exact) mass is 449 g/mol. The predicted molar refractivity (Wildman–Crippen MR) is 118 cm³/mol. The third kappa shape index (κ3) is 3.33. The van der Waals surface area contributed by atoms with Gasteiger partial charge in [-0.1, -0.05) is 23.7 Å². The van der Waals surface area contributed by atoms with Crippen molar-refractivity contribution >= 4 is 34.7 Å². The van der Waals surface area contributed by atoms with Gasteiger partial charge in [-0.2, -0.15) is 0 Å². The molecule has 2 aliphatic heterocycles. The molecule has 2 aliphatic rings. The number of hydrogen-bond acceptors (Lipinski definition) is 4. The molecule has 1 N–H and O–H groups in total. The third-order valence-electron chi connectivity index (χ3n) is 5.70. The second kappa shape index (κ2) is 7.80. The Kier molecular flexibility index (Phi) is 4.94. The van der Waals surface area contributed by atoms with Crippen LogP contribution >= 0.6 is 11.6 Å². The summed E-state index contributed by atoms with van der Waals surface area (Å²) in [6, 6.07) is 16.2. The first-order valence-electron chi connectivity index (χ1n) is 10.0. The number of ketones is 1. The number of amides is 1. The van der Waals surface area contributed by atoms with Crippen molar-refractivity contribution in [2.75, 3.05) is 11.5 Å². The lowest BCUT2D eigenvalue weighted by atomic mass is 9.94. The molecule has 0 aromatic heterocycles. The number of aliphatic hydroxyl groups excluding tert-OH is 1. The van der Waals surface area contributed by atoms with Gasteiger partial charge in [0.25, 0.3) is 11.7 Å². The zero-order chi connectivity index (χ0) is 22.4. The molecule has 0 aliphatic carbocycles. The molecule has 0 spiro atoms. The molecule has 1 fully saturated rings. The minimum absolute atomic E-state index is 0.0412. The van der Waals surface area contributed by atoms with E-state index in [1.165, 1.54) is 29.2 Å². The molecule has 1 saturated heterocycles. The second-order valence-corrected chi connectivity index (χ2v) is 8.05. The summed E-state index contributed by atoms with van der Waals surface area (Å²) in [5, 5.41) is 11.7. The van der Waals surface area contributed by atoms with Crippen molar-refractivity contribution in [1.29, 1.82) is 0 Å². The number of halogens is 2. The molecular formula is C25H17ClFNO4. The van der Waals surface area contributed by atoms with Crippen LogP contribution in [-0.4, -0.2) is 23.4 Å². The van der Waals surface area contributed by atoms with E-state index in [1.807, 2.05) is 0 Å². The Morgan fingerprint density at radius 1 is 1.03 bits per heavy atom. The van der Waals surface area contributed by atoms with Gasteiger partial charge in [-0.25, -0.2) is 4.39 Å². The highest BCUT2D eigenvalue weighted by Crippen LogP contribution is 2.43. The van der Waals surface area contributed by atoms with Gasteiger partial charge in [0.2, 0.25) is 0 Å². The largest absolute Gasteiger partial charge is 0.507 e. The molecule has 160 valence electrons. The lowest BCUT2D eigenvalue weighted by molar-refractivity contribution is -0.132. The summed E-state index contributed by atoms with van der Waals surface area (Å²) < 4.78 is 19.0. The van der Waals surface area contributed by atoms with E-state index in [1.54, 1.807) is 42.5 Å². The maximum Gasteiger partial charge on any atom is 0.300 e. The van der Waals surface area contributed by atoms with E-state index in [0.717, 1.165) is 11.3 Å². The molecule has 0 saturated carbocycles. The smallest absolute Gasteiger partial charge is 0.300 e. The molecule has 7 heteroatoms. The summed E-state index contributed by atoms with van der Waals surface area (Å²) in [6.45, 7) is 0.555. The van der Waals surface area contributed by atoms with E-state index >= 15 is 0 Å². The Morgan fingerprint density at radius 3 is 2.47 bits per heavy atom. The lowest BCUT2D eigenvalue weighted by Crippen LogP contribution is -2.29. The average molecular weight is 450 g/mol. The van der Waals surface area contributed by atoms with E-state index in [2.05, 4.69) is 0 Å². The average Bonchev–Trinajstić information content (AvgIpc) is 3.37. The number of carbonyl (C=O) groups is 2. The van der Waals surface area contributed by atoms with Gasteiger partial charge in [0.15, 0.2) is 0 Å². The molecule has 0 bridgehead atoms. The van der Waals surface area contributed by atoms with Gasteiger partial charge in [-0.15, -0.1) is 0 Å². The van der Waals surface area contributed by atoms with Crippen LogP contribution in [0.2, 0.25) is 5.02 Å². The van der Waals surface area contributed by atoms with E-state index in [-0.39, 0.29) is 11.3 Å². The summed E-state index contributed by atoms with van der Waals surface area (Å²) in [4.78, 5) is 27.5. The number of aliphatic hydroxyl groups is 1. The van der Waals surface area contributed by atoms with Crippen LogP contribution in [0.15, 0.2) is 72.3 Å². The molecule has 1 atom stereocenters. The number of nitrogens with zero attached hydrogens (tertiary/aromatic N) is 1. The molecule has 32 heavy (non-hydrogen) atoms. The first kappa shape index (κ1) is 20.3. The molecule has 5 rings (SSSR count). The Labute approximate surface area is 188 Å². The molecule has 5 nitrogen and oxygen atoms in total. The highest BCUT2D eigenvalue weighted by atomic mass is 35.5. The Morgan fingerprint density at radius 2 is 1.75 bits per heavy atom. The fraction of sp³-hybridized carbons (Fsp3) is 0.120. The fourth-order valence-electron chi connectivity index (χ4n) is 4.15. The highest BCUT2D eigenvalue weighted by molar-refractivity contribution is 6.51. The molecule has 1 unspecified atom stereocenters. The Balaban J connectivity index is 1.70. The molecule has 2 heterocycles. The quantitative estimate of drug-likeness (QED) is 0.345. The van der Waals surface area contributed by atoms with Crippen LogP contribution in [0.4, 0.5) is 10.1 Å². The SMILES string of the molecule is O=C1C(=O)N(c2ccc(F)cc2)C(c2ccc(Cl)cc2)/C1=C(/O)c1ccc2c(c1)CCO2. The molecule has 3 aromatic carbocycles. The van der Waals surface area contributed by atoms with Crippen LogP contribution in [0.5, 0.6) is 5.75 Å². The molecular weight excluding hydrogens is 433 g/mol. The van der Waals surface area contributed by atoms with Crippen LogP contribution in [0.25, 0.3) is 5.76 Å². The normalized spacial score (nSPS) is 19.2. The standard InChI is InChI=1S/C25H17ClFNO4/c26-17-4-1-14(2-5-17)22-21(23(29)16-3-10-20-15(13-16)11-12-32-20)24(30)25(31)28(22)19-8-6-18(27)7-9-19/h1-10,13,22,29H,11-12H2/b23-21-. The topological polar surface area (TPSA) is 66.8 Å². The van der Waals surface area contributed by atoms with Crippen molar-refractivity contribution < 1.29 is 23.8 Å². The van der Waals surface area contributed by atoms with E-state index < -0.39 is 23.5 Å². The summed E-state index contributed by atoms with van der Waals surface area (Å²) in [7, 11) is 0. The zero-order valence-electron chi connectivity index (χ0n) is 16.7. The maximum absolute atomic E-state index is 13.5. The van der Waals surface area contributed by atoms with Gasteiger partial charge in [-0.05, 0) is 65.7 Å². The lowest BCUT2D eigenvalue weighted by Gasteiger charge is -2.25.